The predicted molar refractivity (Wildman–Crippen MR) is 115 cm³/mol. The molecule has 0 bridgehead atoms. The van der Waals surface area contributed by atoms with E-state index < -0.39 is 0 Å². The second-order valence-electron chi connectivity index (χ2n) is 8.32. The van der Waals surface area contributed by atoms with Gasteiger partial charge in [0.25, 0.3) is 0 Å². The second kappa shape index (κ2) is 9.16. The molecule has 3 saturated heterocycles. The van der Waals surface area contributed by atoms with Gasteiger partial charge in [-0.3, -0.25) is 14.1 Å². The van der Waals surface area contributed by atoms with Gasteiger partial charge < -0.3 is 10.1 Å². The van der Waals surface area contributed by atoms with Crippen molar-refractivity contribution in [3.05, 3.63) is 30.2 Å². The minimum Gasteiger partial charge on any atom is -0.461 e. The van der Waals surface area contributed by atoms with E-state index in [0.717, 1.165) is 76.3 Å². The number of halogens is 2. The lowest BCUT2D eigenvalue weighted by molar-refractivity contribution is -0.150. The van der Waals surface area contributed by atoms with Gasteiger partial charge in [0.2, 0.25) is 0 Å². The molecule has 0 aliphatic carbocycles. The molecule has 0 aromatic carbocycles. The highest BCUT2D eigenvalue weighted by molar-refractivity contribution is 5.85. The zero-order valence-corrected chi connectivity index (χ0v) is 18.1. The molecular weight excluding hydrogens is 413 g/mol. The number of nitrogens with one attached hydrogen (secondary N) is 1. The monoisotopic (exact) mass is 441 g/mol. The van der Waals surface area contributed by atoms with E-state index in [2.05, 4.69) is 24.8 Å². The van der Waals surface area contributed by atoms with Gasteiger partial charge in [0.05, 0.1) is 5.41 Å². The number of esters is 1. The van der Waals surface area contributed by atoms with Crippen LogP contribution in [0.4, 0.5) is 0 Å². The van der Waals surface area contributed by atoms with E-state index in [1.165, 1.54) is 0 Å². The van der Waals surface area contributed by atoms with Gasteiger partial charge in [-0.2, -0.15) is 0 Å². The van der Waals surface area contributed by atoms with Crippen molar-refractivity contribution in [2.75, 3.05) is 32.7 Å². The summed E-state index contributed by atoms with van der Waals surface area (Å²) in [6.07, 6.45) is 6.99. The number of hydrogen-bond acceptors (Lipinski definition) is 6. The SMILES string of the molecule is Cl.Cl.O=C1OC(CN2CCC(c3nnc4ccccn34)CC2)CC12CCNCC2. The van der Waals surface area contributed by atoms with Crippen LogP contribution in [0, 0.1) is 5.41 Å². The summed E-state index contributed by atoms with van der Waals surface area (Å²) in [5, 5.41) is 12.1. The van der Waals surface area contributed by atoms with Gasteiger partial charge in [0, 0.05) is 25.1 Å². The first kappa shape index (κ1) is 22.3. The third-order valence-electron chi connectivity index (χ3n) is 6.64. The van der Waals surface area contributed by atoms with Crippen molar-refractivity contribution in [3.8, 4) is 0 Å². The van der Waals surface area contributed by atoms with Gasteiger partial charge in [-0.25, -0.2) is 0 Å². The molecule has 160 valence electrons. The Kier molecular flexibility index (Phi) is 7.04. The lowest BCUT2D eigenvalue weighted by Gasteiger charge is -2.33. The molecule has 5 rings (SSSR count). The van der Waals surface area contributed by atoms with Gasteiger partial charge in [-0.1, -0.05) is 6.07 Å². The van der Waals surface area contributed by atoms with Gasteiger partial charge in [0.1, 0.15) is 11.9 Å². The molecule has 3 aliphatic heterocycles. The van der Waals surface area contributed by atoms with Crippen molar-refractivity contribution >= 4 is 36.4 Å². The lowest BCUT2D eigenvalue weighted by Crippen LogP contribution is -2.40. The zero-order chi connectivity index (χ0) is 18.3. The topological polar surface area (TPSA) is 71.8 Å². The number of aromatic nitrogens is 3. The third kappa shape index (κ3) is 4.24. The molecule has 0 radical (unpaired) electrons. The molecule has 2 aromatic heterocycles. The first-order valence-corrected chi connectivity index (χ1v) is 10.2. The highest BCUT2D eigenvalue weighted by Crippen LogP contribution is 2.42. The van der Waals surface area contributed by atoms with Gasteiger partial charge in [0.15, 0.2) is 5.65 Å². The van der Waals surface area contributed by atoms with Crippen LogP contribution in [0.15, 0.2) is 24.4 Å². The van der Waals surface area contributed by atoms with Crippen LogP contribution in [-0.4, -0.2) is 64.3 Å². The number of pyridine rings is 1. The molecule has 29 heavy (non-hydrogen) atoms. The van der Waals surface area contributed by atoms with Crippen LogP contribution < -0.4 is 5.32 Å². The molecule has 2 aromatic rings. The van der Waals surface area contributed by atoms with Gasteiger partial charge in [-0.05, 0) is 64.0 Å². The van der Waals surface area contributed by atoms with Crippen molar-refractivity contribution in [2.24, 2.45) is 5.41 Å². The van der Waals surface area contributed by atoms with Crippen LogP contribution in [0.25, 0.3) is 5.65 Å². The van der Waals surface area contributed by atoms with Crippen molar-refractivity contribution in [3.63, 3.8) is 0 Å². The minimum absolute atomic E-state index is 0. The van der Waals surface area contributed by atoms with Gasteiger partial charge >= 0.3 is 5.97 Å². The first-order valence-electron chi connectivity index (χ1n) is 10.2. The Morgan fingerprint density at radius 1 is 1.14 bits per heavy atom. The molecule has 1 unspecified atom stereocenters. The molecule has 0 saturated carbocycles. The molecule has 1 atom stereocenters. The fraction of sp³-hybridized carbons (Fsp3) is 0.650. The van der Waals surface area contributed by atoms with Gasteiger partial charge in [-0.15, -0.1) is 35.0 Å². The molecule has 1 N–H and O–H groups in total. The van der Waals surface area contributed by atoms with E-state index in [4.69, 9.17) is 4.74 Å². The smallest absolute Gasteiger partial charge is 0.312 e. The second-order valence-corrected chi connectivity index (χ2v) is 8.32. The molecule has 1 spiro atoms. The first-order chi connectivity index (χ1) is 13.2. The number of piperidine rings is 2. The van der Waals surface area contributed by atoms with Crippen molar-refractivity contribution in [1.29, 1.82) is 0 Å². The standard InChI is InChI=1S/C20H27N5O2.2ClH/c26-19-20(6-8-21-9-7-20)13-16(27-19)14-24-11-4-15(5-12-24)18-23-22-17-3-1-2-10-25(17)18;;/h1-3,10,15-16,21H,4-9,11-14H2;2*1H. The molecule has 3 aliphatic rings. The highest BCUT2D eigenvalue weighted by atomic mass is 35.5. The number of ether oxygens (including phenoxy) is 1. The molecule has 9 heteroatoms. The summed E-state index contributed by atoms with van der Waals surface area (Å²) in [5.41, 5.74) is 0.703. The summed E-state index contributed by atoms with van der Waals surface area (Å²) in [7, 11) is 0. The van der Waals surface area contributed by atoms with Crippen LogP contribution in [0.5, 0.6) is 0 Å². The molecule has 5 heterocycles. The maximum Gasteiger partial charge on any atom is 0.312 e. The van der Waals surface area contributed by atoms with Crippen LogP contribution in [0.1, 0.15) is 43.8 Å². The number of hydrogen-bond donors (Lipinski definition) is 1. The third-order valence-corrected chi connectivity index (χ3v) is 6.64. The summed E-state index contributed by atoms with van der Waals surface area (Å²) in [6.45, 7) is 4.78. The van der Waals surface area contributed by atoms with E-state index in [1.807, 2.05) is 24.4 Å². The Morgan fingerprint density at radius 2 is 1.90 bits per heavy atom. The van der Waals surface area contributed by atoms with Crippen LogP contribution in [0.2, 0.25) is 0 Å². The number of cyclic esters (lactones) is 1. The molecular formula is C20H29Cl2N5O2. The number of rotatable bonds is 3. The van der Waals surface area contributed by atoms with E-state index in [1.54, 1.807) is 0 Å². The van der Waals surface area contributed by atoms with Crippen molar-refractivity contribution in [1.82, 2.24) is 24.8 Å². The minimum atomic E-state index is -0.214. The number of carbonyl (C=O) groups is 1. The quantitative estimate of drug-likeness (QED) is 0.737. The molecule has 0 amide bonds. The van der Waals surface area contributed by atoms with E-state index in [9.17, 15) is 4.79 Å². The maximum absolute atomic E-state index is 12.4. The average Bonchev–Trinajstić information content (AvgIpc) is 3.25. The fourth-order valence-electron chi connectivity index (χ4n) is 5.05. The Labute approximate surface area is 183 Å². The van der Waals surface area contributed by atoms with Crippen LogP contribution in [0.3, 0.4) is 0 Å². The summed E-state index contributed by atoms with van der Waals surface area (Å²) < 4.78 is 7.89. The summed E-state index contributed by atoms with van der Waals surface area (Å²) in [5.74, 6) is 1.56. The maximum atomic E-state index is 12.4. The highest BCUT2D eigenvalue weighted by Gasteiger charge is 2.49. The summed E-state index contributed by atoms with van der Waals surface area (Å²) in [4.78, 5) is 14.9. The number of carbonyl (C=O) groups excluding carboxylic acids is 1. The fourth-order valence-corrected chi connectivity index (χ4v) is 5.05. The molecule has 7 nitrogen and oxygen atoms in total. The zero-order valence-electron chi connectivity index (χ0n) is 16.5. The Hall–Kier alpha value is -1.41. The lowest BCUT2D eigenvalue weighted by atomic mass is 9.76. The van der Waals surface area contributed by atoms with E-state index >= 15 is 0 Å². The Bertz CT molecular complexity index is 831. The normalized spacial score (nSPS) is 24.8. The summed E-state index contributed by atoms with van der Waals surface area (Å²) >= 11 is 0. The largest absolute Gasteiger partial charge is 0.461 e. The van der Waals surface area contributed by atoms with E-state index in [0.29, 0.717) is 5.92 Å². The number of fused-ring (bicyclic) bond motifs is 1. The molecule has 3 fully saturated rings. The van der Waals surface area contributed by atoms with Crippen LogP contribution >= 0.6 is 24.8 Å². The number of likely N-dealkylation sites (tertiary alicyclic amines) is 1. The average molecular weight is 442 g/mol. The van der Waals surface area contributed by atoms with E-state index in [-0.39, 0.29) is 42.3 Å². The summed E-state index contributed by atoms with van der Waals surface area (Å²) in [6, 6.07) is 6.02. The number of nitrogens with zero attached hydrogens (tertiary/aromatic N) is 4. The van der Waals surface area contributed by atoms with Crippen LogP contribution in [-0.2, 0) is 9.53 Å². The predicted octanol–water partition coefficient (Wildman–Crippen LogP) is 2.44. The van der Waals surface area contributed by atoms with Crippen molar-refractivity contribution < 1.29 is 9.53 Å². The Morgan fingerprint density at radius 3 is 2.66 bits per heavy atom. The van der Waals surface area contributed by atoms with Crippen molar-refractivity contribution in [2.45, 2.75) is 44.1 Å². The Balaban J connectivity index is 0.00000120.